The first-order valence-corrected chi connectivity index (χ1v) is 25.4. The maximum Gasteiger partial charge on any atom is 0.472 e. The number of fused-ring (bicyclic) bond motifs is 2. The van der Waals surface area contributed by atoms with E-state index in [2.05, 4.69) is 29.4 Å². The quantitative estimate of drug-likeness (QED) is 0.0382. The Labute approximate surface area is 393 Å². The number of nitrogens with one attached hydrogen (secondary N) is 2. The normalized spacial score (nSPS) is 26.0. The lowest BCUT2D eigenvalue weighted by molar-refractivity contribution is -0.0527. The molecular formula is C34H48ClN10O21P3. The predicted octanol–water partition coefficient (Wildman–Crippen LogP) is -1.37. The molecule has 1 aromatic carbocycles. The number of ether oxygens (including phenoxy) is 4. The molecule has 11 atom stereocenters. The fraction of sp³-hybridized carbons (Fsp3) is 0.559. The fourth-order valence-electron chi connectivity index (χ4n) is 7.30. The van der Waals surface area contributed by atoms with E-state index in [1.807, 2.05) is 0 Å². The van der Waals surface area contributed by atoms with E-state index in [1.165, 1.54) is 4.90 Å². The minimum atomic E-state index is -5.45. The Bertz CT molecular complexity index is 2700. The van der Waals surface area contributed by atoms with E-state index in [0.29, 0.717) is 17.2 Å². The lowest BCUT2D eigenvalue weighted by Crippen LogP contribution is -2.48. The number of H-pyrrole nitrogens is 2. The maximum absolute atomic E-state index is 13.2. The zero-order valence-corrected chi connectivity index (χ0v) is 39.3. The Balaban J connectivity index is 0.945. The van der Waals surface area contributed by atoms with Gasteiger partial charge in [0.2, 0.25) is 11.9 Å². The van der Waals surface area contributed by atoms with Crippen LogP contribution in [0, 0.1) is 0 Å². The van der Waals surface area contributed by atoms with Crippen molar-refractivity contribution in [3.8, 4) is 5.75 Å². The number of hydrogen-bond acceptors (Lipinski definition) is 24. The second-order valence-corrected chi connectivity index (χ2v) is 19.9. The van der Waals surface area contributed by atoms with Gasteiger partial charge in [-0.15, -0.1) is 0 Å². The SMILES string of the molecule is CCCO[C@@H]1[C@H](O)[C@@H](COP(=O)(O)OCC(COP(=O)(O)OC[C@H]2O[C@@H](n3cnc4c(=O)[nH]c(N)nc43)[C@H](O)[C@@H]2O)OP(=O)(O)O)O[C@H]1N1CN(CCOc2ccc(Cl)cc2)c2c1nc(N)[nH]c2=O. The van der Waals surface area contributed by atoms with Gasteiger partial charge in [0, 0.05) is 11.6 Å². The number of halogens is 1. The van der Waals surface area contributed by atoms with Gasteiger partial charge in [-0.25, -0.2) is 18.7 Å². The summed E-state index contributed by atoms with van der Waals surface area (Å²) in [5.74, 6) is 0.0607. The van der Waals surface area contributed by atoms with Gasteiger partial charge in [0.1, 0.15) is 60.8 Å². The summed E-state index contributed by atoms with van der Waals surface area (Å²) in [5, 5.41) is 33.2. The molecule has 2 fully saturated rings. The lowest BCUT2D eigenvalue weighted by atomic mass is 10.1. The number of rotatable bonds is 23. The molecule has 0 radical (unpaired) electrons. The Morgan fingerprint density at radius 1 is 0.841 bits per heavy atom. The molecule has 35 heteroatoms. The molecule has 13 N–H and O–H groups in total. The third kappa shape index (κ3) is 12.8. The summed E-state index contributed by atoms with van der Waals surface area (Å²) in [6.07, 6.45) is -12.2. The summed E-state index contributed by atoms with van der Waals surface area (Å²) in [6, 6.07) is 6.62. The Morgan fingerprint density at radius 2 is 1.45 bits per heavy atom. The molecule has 4 aromatic rings. The number of aliphatic hydroxyl groups excluding tert-OH is 3. The molecule has 3 unspecified atom stereocenters. The van der Waals surface area contributed by atoms with Gasteiger partial charge in [-0.05, 0) is 30.7 Å². The molecular weight excluding hydrogens is 1010 g/mol. The van der Waals surface area contributed by atoms with Crippen LogP contribution in [0.1, 0.15) is 19.6 Å². The number of benzene rings is 1. The number of phosphoric ester groups is 3. The van der Waals surface area contributed by atoms with Gasteiger partial charge in [0.15, 0.2) is 29.4 Å². The third-order valence-corrected chi connectivity index (χ3v) is 13.1. The van der Waals surface area contributed by atoms with Gasteiger partial charge in [0.05, 0.1) is 46.0 Å². The van der Waals surface area contributed by atoms with E-state index in [4.69, 9.17) is 60.1 Å². The number of phosphoric acid groups is 3. The number of imidazole rings is 1. The van der Waals surface area contributed by atoms with Crippen molar-refractivity contribution in [3.63, 3.8) is 0 Å². The highest BCUT2D eigenvalue weighted by Gasteiger charge is 2.51. The zero-order chi connectivity index (χ0) is 50.0. The summed E-state index contributed by atoms with van der Waals surface area (Å²) in [4.78, 5) is 85.2. The number of anilines is 4. The van der Waals surface area contributed by atoms with Crippen LogP contribution in [-0.2, 0) is 50.5 Å². The minimum absolute atomic E-state index is 0.0472. The van der Waals surface area contributed by atoms with Crippen LogP contribution in [0.25, 0.3) is 11.2 Å². The van der Waals surface area contributed by atoms with Crippen molar-refractivity contribution in [2.75, 3.05) is 74.1 Å². The smallest absolute Gasteiger partial charge is 0.472 e. The maximum atomic E-state index is 13.2. The molecule has 0 saturated carbocycles. The Kier molecular flexibility index (Phi) is 16.5. The summed E-state index contributed by atoms with van der Waals surface area (Å²) in [7, 11) is -15.9. The van der Waals surface area contributed by atoms with Crippen molar-refractivity contribution in [1.82, 2.24) is 29.5 Å². The number of aliphatic hydroxyl groups is 3. The van der Waals surface area contributed by atoms with Crippen molar-refractivity contribution in [2.24, 2.45) is 0 Å². The zero-order valence-electron chi connectivity index (χ0n) is 35.9. The highest BCUT2D eigenvalue weighted by molar-refractivity contribution is 7.47. The number of nitrogen functional groups attached to an aromatic ring is 2. The highest BCUT2D eigenvalue weighted by Crippen LogP contribution is 2.49. The molecule has 6 heterocycles. The lowest BCUT2D eigenvalue weighted by Gasteiger charge is -2.30. The molecule has 382 valence electrons. The van der Waals surface area contributed by atoms with Gasteiger partial charge < -0.3 is 75.1 Å². The van der Waals surface area contributed by atoms with Crippen LogP contribution in [0.2, 0.25) is 5.02 Å². The largest absolute Gasteiger partial charge is 0.492 e. The average Bonchev–Trinajstić information content (AvgIpc) is 4.02. The van der Waals surface area contributed by atoms with Gasteiger partial charge >= 0.3 is 23.5 Å². The van der Waals surface area contributed by atoms with Crippen LogP contribution < -0.4 is 37.1 Å². The van der Waals surface area contributed by atoms with Crippen molar-refractivity contribution < 1.29 is 90.2 Å². The summed E-state index contributed by atoms with van der Waals surface area (Å²) in [6.45, 7) is -2.10. The molecule has 0 spiro atoms. The van der Waals surface area contributed by atoms with E-state index in [-0.39, 0.29) is 61.0 Å². The van der Waals surface area contributed by atoms with Crippen LogP contribution in [-0.4, -0.2) is 166 Å². The van der Waals surface area contributed by atoms with Crippen LogP contribution >= 0.6 is 35.1 Å². The van der Waals surface area contributed by atoms with Gasteiger partial charge in [-0.3, -0.25) is 46.7 Å². The van der Waals surface area contributed by atoms with Crippen molar-refractivity contribution in [2.45, 2.75) is 68.5 Å². The molecule has 2 saturated heterocycles. The molecule has 3 aliphatic rings. The summed E-state index contributed by atoms with van der Waals surface area (Å²) in [5.41, 5.74) is 10.0. The highest BCUT2D eigenvalue weighted by atomic mass is 35.5. The number of aromatic amines is 2. The van der Waals surface area contributed by atoms with E-state index in [9.17, 15) is 58.2 Å². The van der Waals surface area contributed by atoms with Gasteiger partial charge in [-0.2, -0.15) is 9.97 Å². The number of aromatic nitrogens is 6. The van der Waals surface area contributed by atoms with Crippen molar-refractivity contribution >= 4 is 69.6 Å². The molecule has 31 nitrogen and oxygen atoms in total. The minimum Gasteiger partial charge on any atom is -0.492 e. The molecule has 3 aliphatic heterocycles. The van der Waals surface area contributed by atoms with Crippen molar-refractivity contribution in [3.05, 3.63) is 56.3 Å². The molecule has 7 rings (SSSR count). The topological polar surface area (TPSA) is 444 Å². The van der Waals surface area contributed by atoms with E-state index < -0.39 is 116 Å². The van der Waals surface area contributed by atoms with E-state index >= 15 is 0 Å². The van der Waals surface area contributed by atoms with Gasteiger partial charge in [0.25, 0.3) is 11.1 Å². The number of nitrogens with zero attached hydrogens (tertiary/aromatic N) is 6. The first-order chi connectivity index (χ1) is 32.5. The van der Waals surface area contributed by atoms with Gasteiger partial charge in [-0.1, -0.05) is 18.5 Å². The predicted molar refractivity (Wildman–Crippen MR) is 234 cm³/mol. The molecule has 0 amide bonds. The number of nitrogens with two attached hydrogens (primary N) is 2. The van der Waals surface area contributed by atoms with Crippen LogP contribution in [0.4, 0.5) is 23.4 Å². The molecule has 0 aliphatic carbocycles. The van der Waals surface area contributed by atoms with Crippen LogP contribution in [0.15, 0.2) is 40.2 Å². The van der Waals surface area contributed by atoms with Crippen LogP contribution in [0.3, 0.4) is 0 Å². The van der Waals surface area contributed by atoms with Crippen LogP contribution in [0.5, 0.6) is 5.75 Å². The summed E-state index contributed by atoms with van der Waals surface area (Å²) >= 11 is 5.96. The number of hydrogen-bond donors (Lipinski definition) is 11. The Morgan fingerprint density at radius 3 is 2.09 bits per heavy atom. The first kappa shape index (κ1) is 52.6. The third-order valence-electron chi connectivity index (χ3n) is 10.4. The van der Waals surface area contributed by atoms with E-state index in [1.54, 1.807) is 36.1 Å². The fourth-order valence-corrected chi connectivity index (χ4v) is 9.47. The molecule has 0 bridgehead atoms. The van der Waals surface area contributed by atoms with Crippen molar-refractivity contribution in [1.29, 1.82) is 0 Å². The average molecular weight is 1060 g/mol. The summed E-state index contributed by atoms with van der Waals surface area (Å²) < 4.78 is 86.4. The molecule has 3 aromatic heterocycles. The second-order valence-electron chi connectivity index (χ2n) is 15.4. The second kappa shape index (κ2) is 21.7. The monoisotopic (exact) mass is 1060 g/mol. The Hall–Kier alpha value is -4.17. The first-order valence-electron chi connectivity index (χ1n) is 20.5. The van der Waals surface area contributed by atoms with E-state index in [0.717, 1.165) is 10.9 Å². The molecule has 69 heavy (non-hydrogen) atoms. The standard InChI is InChI=1S/C34H48ClN10O21P3/c1-2-8-59-26-24(47)20(65-32(26)45-15-43(22-28(45)40-34(37)42-30(22)50)7-9-58-17-5-3-16(35)4-6-17)13-63-69(56,57)61-11-18(66-67(51,52)53)10-60-68(54,55)62-12-19-23(46)25(48)31(64-19)44-14-38-21-27(44)39-33(36)41-29(21)49/h3-6,14,18-20,23-26,31-32,46-48H,2,7-13,15H2,1H3,(H,54,55)(H,56,57)(H2,51,52,53)(H3,36,39,41,49)(H3,37,40,42,50)/t18?,19-,20-,23-,24-,25-,26-,31-,32-/m1/s1.